The standard InChI is InChI=1S/C10H18N2O2/c1-7(2)9(5-11)12-10(13)6-14-8(3)4/h7-9H,6H2,1-4H3,(H,12,13). The van der Waals surface area contributed by atoms with Gasteiger partial charge in [-0.3, -0.25) is 4.79 Å². The number of nitrogens with one attached hydrogen (secondary N) is 1. The monoisotopic (exact) mass is 198 g/mol. The largest absolute Gasteiger partial charge is 0.369 e. The van der Waals surface area contributed by atoms with Gasteiger partial charge in [-0.25, -0.2) is 0 Å². The van der Waals surface area contributed by atoms with E-state index in [9.17, 15) is 4.79 Å². The van der Waals surface area contributed by atoms with Gasteiger partial charge in [0.2, 0.25) is 5.91 Å². The fourth-order valence-electron chi connectivity index (χ4n) is 0.805. The molecule has 0 rings (SSSR count). The molecule has 1 amide bonds. The third-order valence-corrected chi connectivity index (χ3v) is 1.67. The lowest BCUT2D eigenvalue weighted by atomic mass is 10.1. The third-order valence-electron chi connectivity index (χ3n) is 1.67. The lowest BCUT2D eigenvalue weighted by Crippen LogP contribution is -2.39. The molecule has 0 saturated heterocycles. The molecule has 1 atom stereocenters. The minimum Gasteiger partial charge on any atom is -0.369 e. The van der Waals surface area contributed by atoms with Crippen LogP contribution < -0.4 is 5.32 Å². The van der Waals surface area contributed by atoms with Crippen LogP contribution in [-0.2, 0) is 9.53 Å². The maximum atomic E-state index is 11.2. The van der Waals surface area contributed by atoms with Gasteiger partial charge < -0.3 is 10.1 Å². The van der Waals surface area contributed by atoms with E-state index in [2.05, 4.69) is 5.32 Å². The average Bonchev–Trinajstić information content (AvgIpc) is 2.10. The number of nitriles is 1. The maximum absolute atomic E-state index is 11.2. The number of carbonyl (C=O) groups is 1. The van der Waals surface area contributed by atoms with Crippen LogP contribution in [-0.4, -0.2) is 24.7 Å². The van der Waals surface area contributed by atoms with Gasteiger partial charge in [0.15, 0.2) is 0 Å². The summed E-state index contributed by atoms with van der Waals surface area (Å²) < 4.78 is 5.11. The molecule has 0 radical (unpaired) electrons. The second-order valence-electron chi connectivity index (χ2n) is 3.78. The van der Waals surface area contributed by atoms with Gasteiger partial charge >= 0.3 is 0 Å². The summed E-state index contributed by atoms with van der Waals surface area (Å²) in [7, 11) is 0. The van der Waals surface area contributed by atoms with Crippen LogP contribution in [0.2, 0.25) is 0 Å². The van der Waals surface area contributed by atoms with Crippen LogP contribution in [0.4, 0.5) is 0 Å². The van der Waals surface area contributed by atoms with Crippen molar-refractivity contribution in [1.29, 1.82) is 5.26 Å². The zero-order chi connectivity index (χ0) is 11.1. The van der Waals surface area contributed by atoms with Crippen molar-refractivity contribution in [3.8, 4) is 6.07 Å². The van der Waals surface area contributed by atoms with Gasteiger partial charge in [0.25, 0.3) is 0 Å². The number of hydrogen-bond donors (Lipinski definition) is 1. The van der Waals surface area contributed by atoms with Crippen molar-refractivity contribution in [2.24, 2.45) is 5.92 Å². The van der Waals surface area contributed by atoms with Crippen LogP contribution in [0.3, 0.4) is 0 Å². The van der Waals surface area contributed by atoms with Gasteiger partial charge in [0.05, 0.1) is 12.2 Å². The fourth-order valence-corrected chi connectivity index (χ4v) is 0.805. The van der Waals surface area contributed by atoms with Crippen molar-refractivity contribution in [1.82, 2.24) is 5.32 Å². The summed E-state index contributed by atoms with van der Waals surface area (Å²) in [6, 6.07) is 1.60. The molecular weight excluding hydrogens is 180 g/mol. The van der Waals surface area contributed by atoms with Crippen molar-refractivity contribution >= 4 is 5.91 Å². The maximum Gasteiger partial charge on any atom is 0.247 e. The van der Waals surface area contributed by atoms with Gasteiger partial charge in [-0.1, -0.05) is 13.8 Å². The third kappa shape index (κ3) is 5.55. The summed E-state index contributed by atoms with van der Waals surface area (Å²) in [4.78, 5) is 11.2. The van der Waals surface area contributed by atoms with Crippen LogP contribution in [0.1, 0.15) is 27.7 Å². The minimum absolute atomic E-state index is 0.0164. The SMILES string of the molecule is CC(C)OCC(=O)NC(C#N)C(C)C. The number of hydrogen-bond acceptors (Lipinski definition) is 3. The first-order valence-electron chi connectivity index (χ1n) is 4.78. The van der Waals surface area contributed by atoms with Crippen molar-refractivity contribution in [3.05, 3.63) is 0 Å². The number of rotatable bonds is 5. The fraction of sp³-hybridized carbons (Fsp3) is 0.800. The highest BCUT2D eigenvalue weighted by Gasteiger charge is 2.15. The van der Waals surface area contributed by atoms with Crippen LogP contribution in [0.15, 0.2) is 0 Å². The van der Waals surface area contributed by atoms with Crippen molar-refractivity contribution < 1.29 is 9.53 Å². The highest BCUT2D eigenvalue weighted by atomic mass is 16.5. The molecule has 14 heavy (non-hydrogen) atoms. The predicted octanol–water partition coefficient (Wildman–Crippen LogP) is 1.08. The van der Waals surface area contributed by atoms with Gasteiger partial charge in [-0.15, -0.1) is 0 Å². The molecule has 0 aromatic rings. The van der Waals surface area contributed by atoms with Crippen molar-refractivity contribution in [2.75, 3.05) is 6.61 Å². The minimum atomic E-state index is -0.432. The number of amides is 1. The number of carbonyl (C=O) groups excluding carboxylic acids is 1. The van der Waals surface area contributed by atoms with E-state index in [0.29, 0.717) is 0 Å². The Morgan fingerprint density at radius 3 is 2.36 bits per heavy atom. The van der Waals surface area contributed by atoms with E-state index in [-0.39, 0.29) is 24.5 Å². The Kier molecular flexibility index (Phi) is 5.89. The molecule has 0 aliphatic rings. The van der Waals surface area contributed by atoms with Crippen molar-refractivity contribution in [3.63, 3.8) is 0 Å². The van der Waals surface area contributed by atoms with Crippen LogP contribution in [0.25, 0.3) is 0 Å². The molecule has 0 spiro atoms. The quantitative estimate of drug-likeness (QED) is 0.719. The van der Waals surface area contributed by atoms with E-state index in [1.807, 2.05) is 33.8 Å². The highest BCUT2D eigenvalue weighted by molar-refractivity contribution is 5.77. The lowest BCUT2D eigenvalue weighted by Gasteiger charge is -2.15. The molecule has 0 saturated carbocycles. The smallest absolute Gasteiger partial charge is 0.247 e. The molecule has 4 nitrogen and oxygen atoms in total. The molecule has 80 valence electrons. The molecule has 0 aliphatic heterocycles. The first-order chi connectivity index (χ1) is 6.47. The van der Waals surface area contributed by atoms with Gasteiger partial charge in [0.1, 0.15) is 12.6 Å². The van der Waals surface area contributed by atoms with Crippen LogP contribution in [0.5, 0.6) is 0 Å². The van der Waals surface area contributed by atoms with Crippen LogP contribution >= 0.6 is 0 Å². The Balaban J connectivity index is 3.87. The second-order valence-corrected chi connectivity index (χ2v) is 3.78. The van der Waals surface area contributed by atoms with Gasteiger partial charge in [-0.2, -0.15) is 5.26 Å². The number of nitrogens with zero attached hydrogens (tertiary/aromatic N) is 1. The van der Waals surface area contributed by atoms with Gasteiger partial charge in [-0.05, 0) is 19.8 Å². The molecule has 0 aliphatic carbocycles. The topological polar surface area (TPSA) is 62.1 Å². The molecule has 0 fully saturated rings. The Hall–Kier alpha value is -1.08. The Labute approximate surface area is 85.2 Å². The summed E-state index contributed by atoms with van der Waals surface area (Å²) in [5.74, 6) is -0.123. The molecule has 0 bridgehead atoms. The molecule has 4 heteroatoms. The summed E-state index contributed by atoms with van der Waals surface area (Å²) in [5.41, 5.74) is 0. The second kappa shape index (κ2) is 6.39. The highest BCUT2D eigenvalue weighted by Crippen LogP contribution is 1.99. The van der Waals surface area contributed by atoms with Gasteiger partial charge in [0, 0.05) is 0 Å². The molecule has 0 aromatic carbocycles. The molecule has 1 N–H and O–H groups in total. The van der Waals surface area contributed by atoms with Crippen molar-refractivity contribution in [2.45, 2.75) is 39.8 Å². The Morgan fingerprint density at radius 2 is 2.00 bits per heavy atom. The predicted molar refractivity (Wildman–Crippen MR) is 53.5 cm³/mol. The van der Waals surface area contributed by atoms with E-state index >= 15 is 0 Å². The zero-order valence-corrected chi connectivity index (χ0v) is 9.20. The Morgan fingerprint density at radius 1 is 1.43 bits per heavy atom. The summed E-state index contributed by atoms with van der Waals surface area (Å²) in [6.45, 7) is 7.51. The van der Waals surface area contributed by atoms with E-state index in [1.165, 1.54) is 0 Å². The van der Waals surface area contributed by atoms with E-state index in [0.717, 1.165) is 0 Å². The molecule has 1 unspecified atom stereocenters. The number of ether oxygens (including phenoxy) is 1. The zero-order valence-electron chi connectivity index (χ0n) is 9.20. The molecule has 0 aromatic heterocycles. The van der Waals surface area contributed by atoms with E-state index in [4.69, 9.17) is 10.00 Å². The normalized spacial score (nSPS) is 12.6. The van der Waals surface area contributed by atoms with Crippen LogP contribution in [0, 0.1) is 17.2 Å². The van der Waals surface area contributed by atoms with E-state index < -0.39 is 6.04 Å². The summed E-state index contributed by atoms with van der Waals surface area (Å²) >= 11 is 0. The van der Waals surface area contributed by atoms with E-state index in [1.54, 1.807) is 0 Å². The Bertz CT molecular complexity index is 219. The first-order valence-corrected chi connectivity index (χ1v) is 4.78. The first kappa shape index (κ1) is 12.9. The summed E-state index contributed by atoms with van der Waals surface area (Å²) in [6.07, 6.45) is 0.0281. The molecular formula is C10H18N2O2. The molecule has 0 heterocycles. The average molecular weight is 198 g/mol. The summed E-state index contributed by atoms with van der Waals surface area (Å²) in [5, 5.41) is 11.3. The lowest BCUT2D eigenvalue weighted by molar-refractivity contribution is -0.127.